The summed E-state index contributed by atoms with van der Waals surface area (Å²) in [5.41, 5.74) is -0.280. The zero-order valence-corrected chi connectivity index (χ0v) is 20.0. The van der Waals surface area contributed by atoms with Crippen LogP contribution in [0.3, 0.4) is 0 Å². The van der Waals surface area contributed by atoms with Crippen LogP contribution in [0.1, 0.15) is 37.0 Å². The molecule has 1 N–H and O–H groups in total. The molecule has 1 atom stereocenters. The van der Waals surface area contributed by atoms with E-state index in [2.05, 4.69) is 5.32 Å². The molecule has 2 aliphatic rings. The van der Waals surface area contributed by atoms with Crippen molar-refractivity contribution in [1.29, 1.82) is 0 Å². The van der Waals surface area contributed by atoms with E-state index in [9.17, 15) is 23.6 Å². The summed E-state index contributed by atoms with van der Waals surface area (Å²) in [4.78, 5) is 56.5. The van der Waals surface area contributed by atoms with E-state index in [1.54, 1.807) is 21.9 Å². The van der Waals surface area contributed by atoms with Gasteiger partial charge in [-0.15, -0.1) is 0 Å². The highest BCUT2D eigenvalue weighted by Gasteiger charge is 2.58. The number of benzene rings is 2. The lowest BCUT2D eigenvalue weighted by Gasteiger charge is -2.43. The number of anilines is 1. The Morgan fingerprint density at radius 1 is 1.00 bits per heavy atom. The Bertz CT molecular complexity index is 1150. The SMILES string of the molecule is CC(C)[C@@H](NC(=O)c1cccc(F)c1)C(=O)N1CCC2(CC1)C(=O)N(C)C(=O)N2c1ccccc1. The van der Waals surface area contributed by atoms with Gasteiger partial charge >= 0.3 is 6.03 Å². The molecule has 5 amide bonds. The highest BCUT2D eigenvalue weighted by atomic mass is 19.1. The van der Waals surface area contributed by atoms with E-state index >= 15 is 0 Å². The van der Waals surface area contributed by atoms with Crippen LogP contribution in [0.5, 0.6) is 0 Å². The normalized spacial score (nSPS) is 18.4. The zero-order valence-electron chi connectivity index (χ0n) is 20.0. The number of rotatable bonds is 5. The molecule has 1 spiro atoms. The maximum atomic E-state index is 13.5. The smallest absolute Gasteiger partial charge is 0.331 e. The number of piperidine rings is 1. The minimum absolute atomic E-state index is 0.137. The minimum Gasteiger partial charge on any atom is -0.341 e. The second-order valence-electron chi connectivity index (χ2n) is 9.38. The van der Waals surface area contributed by atoms with Crippen LogP contribution < -0.4 is 10.2 Å². The van der Waals surface area contributed by atoms with Crippen molar-refractivity contribution >= 4 is 29.4 Å². The molecule has 0 unspecified atom stereocenters. The number of nitrogens with one attached hydrogen (secondary N) is 1. The van der Waals surface area contributed by atoms with E-state index in [4.69, 9.17) is 0 Å². The Morgan fingerprint density at radius 2 is 1.66 bits per heavy atom. The number of imide groups is 1. The van der Waals surface area contributed by atoms with Crippen molar-refractivity contribution in [2.75, 3.05) is 25.0 Å². The number of amides is 5. The van der Waals surface area contributed by atoms with Gasteiger partial charge in [0.1, 0.15) is 17.4 Å². The number of likely N-dealkylation sites (tertiary alicyclic amines) is 1. The van der Waals surface area contributed by atoms with Crippen LogP contribution in [-0.2, 0) is 9.59 Å². The topological polar surface area (TPSA) is 90.0 Å². The maximum Gasteiger partial charge on any atom is 0.331 e. The van der Waals surface area contributed by atoms with E-state index in [1.807, 2.05) is 32.0 Å². The molecule has 2 fully saturated rings. The molecule has 9 heteroatoms. The van der Waals surface area contributed by atoms with Gasteiger partial charge in [-0.3, -0.25) is 24.2 Å². The first-order valence-corrected chi connectivity index (χ1v) is 11.7. The molecule has 2 heterocycles. The molecule has 2 aliphatic heterocycles. The Kier molecular flexibility index (Phi) is 6.60. The highest BCUT2D eigenvalue weighted by molar-refractivity contribution is 6.16. The van der Waals surface area contributed by atoms with Gasteiger partial charge in [-0.25, -0.2) is 9.18 Å². The molecule has 184 valence electrons. The van der Waals surface area contributed by atoms with Gasteiger partial charge in [-0.1, -0.05) is 38.1 Å². The summed E-state index contributed by atoms with van der Waals surface area (Å²) in [5, 5.41) is 2.74. The van der Waals surface area contributed by atoms with Gasteiger partial charge in [0.05, 0.1) is 0 Å². The van der Waals surface area contributed by atoms with Crippen molar-refractivity contribution in [2.24, 2.45) is 5.92 Å². The van der Waals surface area contributed by atoms with Crippen molar-refractivity contribution in [3.8, 4) is 0 Å². The predicted molar refractivity (Wildman–Crippen MR) is 128 cm³/mol. The van der Waals surface area contributed by atoms with E-state index in [-0.39, 0.29) is 55.3 Å². The molecule has 4 rings (SSSR count). The summed E-state index contributed by atoms with van der Waals surface area (Å²) in [7, 11) is 1.48. The Balaban J connectivity index is 1.51. The highest BCUT2D eigenvalue weighted by Crippen LogP contribution is 2.40. The second-order valence-corrected chi connectivity index (χ2v) is 9.38. The predicted octanol–water partition coefficient (Wildman–Crippen LogP) is 3.04. The van der Waals surface area contributed by atoms with E-state index in [0.29, 0.717) is 5.69 Å². The minimum atomic E-state index is -1.05. The van der Waals surface area contributed by atoms with Crippen LogP contribution in [0.25, 0.3) is 0 Å². The lowest BCUT2D eigenvalue weighted by Crippen LogP contribution is -2.60. The molecule has 0 aliphatic carbocycles. The summed E-state index contributed by atoms with van der Waals surface area (Å²) >= 11 is 0. The third-order valence-corrected chi connectivity index (χ3v) is 6.83. The third kappa shape index (κ3) is 4.38. The van der Waals surface area contributed by atoms with E-state index in [1.165, 1.54) is 25.2 Å². The van der Waals surface area contributed by atoms with Crippen molar-refractivity contribution in [1.82, 2.24) is 15.1 Å². The quantitative estimate of drug-likeness (QED) is 0.666. The van der Waals surface area contributed by atoms with Crippen molar-refractivity contribution in [2.45, 2.75) is 38.3 Å². The van der Waals surface area contributed by atoms with Crippen LogP contribution >= 0.6 is 0 Å². The fraction of sp³-hybridized carbons (Fsp3) is 0.385. The van der Waals surface area contributed by atoms with Crippen LogP contribution in [-0.4, -0.2) is 65.3 Å². The molecule has 2 saturated heterocycles. The standard InChI is InChI=1S/C26H29FN4O4/c1-17(2)21(28-22(32)18-8-7-9-19(27)16-18)23(33)30-14-12-26(13-15-30)24(34)29(3)25(35)31(26)20-10-5-4-6-11-20/h4-11,16-17,21H,12-15H2,1-3H3,(H,28,32)/t21-/m1/s1. The Morgan fingerprint density at radius 3 is 2.26 bits per heavy atom. The first-order valence-electron chi connectivity index (χ1n) is 11.7. The van der Waals surface area contributed by atoms with Gasteiger partial charge < -0.3 is 10.2 Å². The number of para-hydroxylation sites is 1. The number of likely N-dealkylation sites (N-methyl/N-ethyl adjacent to an activating group) is 1. The lowest BCUT2D eigenvalue weighted by atomic mass is 9.85. The van der Waals surface area contributed by atoms with Gasteiger partial charge in [-0.2, -0.15) is 0 Å². The average Bonchev–Trinajstić information content (AvgIpc) is 3.03. The average molecular weight is 481 g/mol. The first-order chi connectivity index (χ1) is 16.7. The molecular formula is C26H29FN4O4. The van der Waals surface area contributed by atoms with Gasteiger partial charge in [0, 0.05) is 31.4 Å². The molecule has 2 aromatic carbocycles. The summed E-state index contributed by atoms with van der Waals surface area (Å²) in [6, 6.07) is 13.2. The lowest BCUT2D eigenvalue weighted by molar-refractivity contribution is -0.139. The molecule has 2 aromatic rings. The molecule has 8 nitrogen and oxygen atoms in total. The number of hydrogen-bond donors (Lipinski definition) is 1. The van der Waals surface area contributed by atoms with Gasteiger partial charge in [0.25, 0.3) is 11.8 Å². The van der Waals surface area contributed by atoms with Crippen LogP contribution in [0.2, 0.25) is 0 Å². The van der Waals surface area contributed by atoms with Gasteiger partial charge in [0.2, 0.25) is 5.91 Å². The summed E-state index contributed by atoms with van der Waals surface area (Å²) in [6.07, 6.45) is 0.566. The maximum absolute atomic E-state index is 13.5. The number of hydrogen-bond acceptors (Lipinski definition) is 4. The van der Waals surface area contributed by atoms with Gasteiger partial charge in [0.15, 0.2) is 0 Å². The summed E-state index contributed by atoms with van der Waals surface area (Å²) in [5.74, 6) is -1.82. The fourth-order valence-electron chi connectivity index (χ4n) is 4.86. The Labute approximate surface area is 203 Å². The van der Waals surface area contributed by atoms with E-state index in [0.717, 1.165) is 11.0 Å². The molecular weight excluding hydrogens is 451 g/mol. The third-order valence-electron chi connectivity index (χ3n) is 6.83. The van der Waals surface area contributed by atoms with Gasteiger partial charge in [-0.05, 0) is 49.1 Å². The summed E-state index contributed by atoms with van der Waals surface area (Å²) < 4.78 is 13.5. The zero-order chi connectivity index (χ0) is 25.3. The van der Waals surface area contributed by atoms with Crippen molar-refractivity contribution in [3.05, 3.63) is 66.0 Å². The fourth-order valence-corrected chi connectivity index (χ4v) is 4.86. The van der Waals surface area contributed by atoms with Crippen LogP contribution in [0.15, 0.2) is 54.6 Å². The summed E-state index contributed by atoms with van der Waals surface area (Å²) in [6.45, 7) is 4.17. The number of carbonyl (C=O) groups excluding carboxylic acids is 4. The monoisotopic (exact) mass is 480 g/mol. The van der Waals surface area contributed by atoms with E-state index < -0.39 is 23.3 Å². The number of urea groups is 1. The van der Waals surface area contributed by atoms with Crippen molar-refractivity contribution < 1.29 is 23.6 Å². The van der Waals surface area contributed by atoms with Crippen LogP contribution in [0.4, 0.5) is 14.9 Å². The molecule has 0 radical (unpaired) electrons. The molecule has 0 saturated carbocycles. The molecule has 35 heavy (non-hydrogen) atoms. The number of carbonyl (C=O) groups is 4. The number of nitrogens with zero attached hydrogens (tertiary/aromatic N) is 3. The van der Waals surface area contributed by atoms with Crippen LogP contribution in [0, 0.1) is 11.7 Å². The Hall–Kier alpha value is -3.75. The first kappa shape index (κ1) is 24.4. The molecule has 0 aromatic heterocycles. The second kappa shape index (κ2) is 9.48. The number of halogens is 1. The largest absolute Gasteiger partial charge is 0.341 e. The van der Waals surface area contributed by atoms with Crippen molar-refractivity contribution in [3.63, 3.8) is 0 Å². The molecule has 0 bridgehead atoms.